The first-order valence-electron chi connectivity index (χ1n) is 7.92. The number of amides is 1. The molecule has 0 spiro atoms. The number of halogens is 2. The molecule has 24 heavy (non-hydrogen) atoms. The van der Waals surface area contributed by atoms with Crippen LogP contribution in [0.1, 0.15) is 16.8 Å². The first kappa shape index (κ1) is 15.4. The number of fused-ring (bicyclic) bond motifs is 3. The molecule has 2 aromatic carbocycles. The summed E-state index contributed by atoms with van der Waals surface area (Å²) in [6, 6.07) is 12.6. The summed E-state index contributed by atoms with van der Waals surface area (Å²) in [7, 11) is 0. The molecular weight excluding hydrogens is 371 g/mol. The summed E-state index contributed by atoms with van der Waals surface area (Å²) in [5.74, 6) is -0.117. The number of nitrogens with one attached hydrogen (secondary N) is 1. The van der Waals surface area contributed by atoms with Crippen molar-refractivity contribution in [2.75, 3.05) is 6.54 Å². The van der Waals surface area contributed by atoms with E-state index in [1.54, 1.807) is 12.1 Å². The molecule has 0 radical (unpaired) electrons. The maximum Gasteiger partial charge on any atom is 0.227 e. The quantitative estimate of drug-likeness (QED) is 0.703. The van der Waals surface area contributed by atoms with Crippen molar-refractivity contribution >= 4 is 32.7 Å². The highest BCUT2D eigenvalue weighted by atomic mass is 79.9. The van der Waals surface area contributed by atoms with Gasteiger partial charge in [0.05, 0.1) is 13.0 Å². The van der Waals surface area contributed by atoms with Gasteiger partial charge >= 0.3 is 0 Å². The van der Waals surface area contributed by atoms with Gasteiger partial charge in [0.1, 0.15) is 5.82 Å². The Bertz CT molecular complexity index is 934. The maximum absolute atomic E-state index is 13.5. The highest BCUT2D eigenvalue weighted by Crippen LogP contribution is 2.28. The summed E-state index contributed by atoms with van der Waals surface area (Å²) in [5, 5.41) is 0.933. The van der Waals surface area contributed by atoms with Crippen molar-refractivity contribution in [3.63, 3.8) is 0 Å². The minimum absolute atomic E-state index is 0.109. The van der Waals surface area contributed by atoms with E-state index in [0.717, 1.165) is 38.6 Å². The molecule has 1 aliphatic rings. The zero-order valence-electron chi connectivity index (χ0n) is 13.0. The van der Waals surface area contributed by atoms with Gasteiger partial charge in [-0.1, -0.05) is 34.1 Å². The van der Waals surface area contributed by atoms with Gasteiger partial charge in [0.15, 0.2) is 0 Å². The van der Waals surface area contributed by atoms with Crippen LogP contribution in [-0.2, 0) is 24.2 Å². The third-order valence-electron chi connectivity index (χ3n) is 4.59. The molecule has 4 rings (SSSR count). The molecule has 0 saturated carbocycles. The molecular formula is C19H16BrFN2O. The molecule has 0 aliphatic carbocycles. The van der Waals surface area contributed by atoms with Crippen LogP contribution in [0.15, 0.2) is 46.9 Å². The van der Waals surface area contributed by atoms with Gasteiger partial charge in [-0.25, -0.2) is 4.39 Å². The summed E-state index contributed by atoms with van der Waals surface area (Å²) in [5.41, 5.74) is 4.07. The van der Waals surface area contributed by atoms with E-state index < -0.39 is 0 Å². The number of rotatable bonds is 2. The molecule has 122 valence electrons. The maximum atomic E-state index is 13.5. The van der Waals surface area contributed by atoms with E-state index in [2.05, 4.69) is 20.9 Å². The Balaban J connectivity index is 1.57. The van der Waals surface area contributed by atoms with Crippen LogP contribution in [0.5, 0.6) is 0 Å². The summed E-state index contributed by atoms with van der Waals surface area (Å²) >= 11 is 3.49. The molecule has 3 aromatic rings. The number of nitrogens with zero attached hydrogens (tertiary/aromatic N) is 1. The highest BCUT2D eigenvalue weighted by molar-refractivity contribution is 9.10. The molecule has 1 N–H and O–H groups in total. The Labute approximate surface area is 147 Å². The molecule has 1 amide bonds. The largest absolute Gasteiger partial charge is 0.357 e. The number of carbonyl (C=O) groups is 1. The molecule has 0 atom stereocenters. The van der Waals surface area contributed by atoms with Crippen LogP contribution in [0, 0.1) is 5.82 Å². The van der Waals surface area contributed by atoms with Gasteiger partial charge in [-0.05, 0) is 41.8 Å². The lowest BCUT2D eigenvalue weighted by molar-refractivity contribution is -0.131. The normalized spacial score (nSPS) is 14.0. The van der Waals surface area contributed by atoms with Crippen molar-refractivity contribution in [1.29, 1.82) is 0 Å². The third kappa shape index (κ3) is 2.73. The SMILES string of the molecule is O=C(Cc1ccccc1Br)N1CCc2c([nH]c3ccc(F)cc23)C1. The second-order valence-electron chi connectivity index (χ2n) is 6.11. The fourth-order valence-corrected chi connectivity index (χ4v) is 3.77. The van der Waals surface area contributed by atoms with Gasteiger partial charge < -0.3 is 9.88 Å². The predicted octanol–water partition coefficient (Wildman–Crippen LogP) is 4.20. The molecule has 3 nitrogen and oxygen atoms in total. The van der Waals surface area contributed by atoms with E-state index in [1.165, 1.54) is 6.07 Å². The number of carbonyl (C=O) groups excluding carboxylic acids is 1. The lowest BCUT2D eigenvalue weighted by Crippen LogP contribution is -2.36. The lowest BCUT2D eigenvalue weighted by Gasteiger charge is -2.27. The van der Waals surface area contributed by atoms with Crippen molar-refractivity contribution in [3.8, 4) is 0 Å². The van der Waals surface area contributed by atoms with Crippen LogP contribution in [-0.4, -0.2) is 22.3 Å². The van der Waals surface area contributed by atoms with E-state index in [-0.39, 0.29) is 11.7 Å². The molecule has 1 aliphatic heterocycles. The first-order valence-corrected chi connectivity index (χ1v) is 8.71. The van der Waals surface area contributed by atoms with Crippen molar-refractivity contribution in [2.45, 2.75) is 19.4 Å². The Hall–Kier alpha value is -2.14. The van der Waals surface area contributed by atoms with Crippen molar-refractivity contribution in [3.05, 3.63) is 69.6 Å². The number of aromatic nitrogens is 1. The van der Waals surface area contributed by atoms with Gasteiger partial charge in [0.2, 0.25) is 5.91 Å². The Kier molecular flexibility index (Phi) is 3.88. The molecule has 5 heteroatoms. The topological polar surface area (TPSA) is 36.1 Å². The fraction of sp³-hybridized carbons (Fsp3) is 0.211. The summed E-state index contributed by atoms with van der Waals surface area (Å²) in [6.07, 6.45) is 1.13. The van der Waals surface area contributed by atoms with Crippen LogP contribution >= 0.6 is 15.9 Å². The number of hydrogen-bond acceptors (Lipinski definition) is 1. The monoisotopic (exact) mass is 386 g/mol. The van der Waals surface area contributed by atoms with Crippen LogP contribution < -0.4 is 0 Å². The standard InChI is InChI=1S/C19H16BrFN2O/c20-16-4-2-1-3-12(16)9-19(24)23-8-7-14-15-10-13(21)5-6-17(15)22-18(14)11-23/h1-6,10,22H,7-9,11H2. The van der Waals surface area contributed by atoms with E-state index in [4.69, 9.17) is 0 Å². The van der Waals surface area contributed by atoms with Gasteiger partial charge in [-0.3, -0.25) is 4.79 Å². The van der Waals surface area contributed by atoms with Crippen molar-refractivity contribution in [2.24, 2.45) is 0 Å². The van der Waals surface area contributed by atoms with E-state index in [1.807, 2.05) is 29.2 Å². The molecule has 0 unspecified atom stereocenters. The molecule has 1 aromatic heterocycles. The van der Waals surface area contributed by atoms with Crippen molar-refractivity contribution < 1.29 is 9.18 Å². The van der Waals surface area contributed by atoms with Crippen LogP contribution in [0.25, 0.3) is 10.9 Å². The van der Waals surface area contributed by atoms with Crippen molar-refractivity contribution in [1.82, 2.24) is 9.88 Å². The van der Waals surface area contributed by atoms with Gasteiger partial charge in [0, 0.05) is 27.6 Å². The van der Waals surface area contributed by atoms with Crippen LogP contribution in [0.3, 0.4) is 0 Å². The number of hydrogen-bond donors (Lipinski definition) is 1. The third-order valence-corrected chi connectivity index (χ3v) is 5.36. The smallest absolute Gasteiger partial charge is 0.227 e. The number of aromatic amines is 1. The Morgan fingerprint density at radius 2 is 2.08 bits per heavy atom. The Morgan fingerprint density at radius 1 is 1.25 bits per heavy atom. The first-order chi connectivity index (χ1) is 11.6. The molecule has 2 heterocycles. The zero-order chi connectivity index (χ0) is 16.7. The average Bonchev–Trinajstić information content (AvgIpc) is 2.94. The zero-order valence-corrected chi connectivity index (χ0v) is 14.6. The average molecular weight is 387 g/mol. The van der Waals surface area contributed by atoms with Gasteiger partial charge in [-0.15, -0.1) is 0 Å². The molecule has 0 bridgehead atoms. The van der Waals surface area contributed by atoms with Gasteiger partial charge in [-0.2, -0.15) is 0 Å². The van der Waals surface area contributed by atoms with Crippen LogP contribution in [0.4, 0.5) is 4.39 Å². The molecule has 0 fully saturated rings. The predicted molar refractivity (Wildman–Crippen MR) is 95.2 cm³/mol. The summed E-state index contributed by atoms with van der Waals surface area (Å²) in [6.45, 7) is 1.22. The lowest BCUT2D eigenvalue weighted by atomic mass is 10.0. The number of H-pyrrole nitrogens is 1. The summed E-state index contributed by atoms with van der Waals surface area (Å²) < 4.78 is 14.4. The van der Waals surface area contributed by atoms with E-state index >= 15 is 0 Å². The molecule has 0 saturated heterocycles. The highest BCUT2D eigenvalue weighted by Gasteiger charge is 2.24. The second-order valence-corrected chi connectivity index (χ2v) is 6.96. The minimum Gasteiger partial charge on any atom is -0.357 e. The Morgan fingerprint density at radius 3 is 2.92 bits per heavy atom. The van der Waals surface area contributed by atoms with E-state index in [0.29, 0.717) is 19.5 Å². The second kappa shape index (κ2) is 6.06. The fourth-order valence-electron chi connectivity index (χ4n) is 3.34. The minimum atomic E-state index is -0.225. The van der Waals surface area contributed by atoms with Gasteiger partial charge in [0.25, 0.3) is 0 Å². The number of benzene rings is 2. The van der Waals surface area contributed by atoms with Crippen LogP contribution in [0.2, 0.25) is 0 Å². The van der Waals surface area contributed by atoms with E-state index in [9.17, 15) is 9.18 Å². The summed E-state index contributed by atoms with van der Waals surface area (Å²) in [4.78, 5) is 17.8.